The van der Waals surface area contributed by atoms with Crippen molar-refractivity contribution in [2.24, 2.45) is 5.92 Å². The van der Waals surface area contributed by atoms with Crippen molar-refractivity contribution < 1.29 is 9.69 Å². The summed E-state index contributed by atoms with van der Waals surface area (Å²) in [5.74, 6) is 0.771. The molecule has 0 unspecified atom stereocenters. The van der Waals surface area contributed by atoms with Crippen molar-refractivity contribution in [1.82, 2.24) is 4.90 Å². The number of rotatable bonds is 4. The second-order valence-electron chi connectivity index (χ2n) is 7.04. The molecule has 1 N–H and O–H groups in total. The highest BCUT2D eigenvalue weighted by Crippen LogP contribution is 2.17. The van der Waals surface area contributed by atoms with Crippen LogP contribution in [0.15, 0.2) is 42.5 Å². The summed E-state index contributed by atoms with van der Waals surface area (Å²) in [7, 11) is 0. The first-order chi connectivity index (χ1) is 11.1. The lowest BCUT2D eigenvalue weighted by Crippen LogP contribution is -3.13. The fraction of sp³-hybridized carbons (Fsp3) is 0.450. The summed E-state index contributed by atoms with van der Waals surface area (Å²) >= 11 is 0. The van der Waals surface area contributed by atoms with E-state index in [0.717, 1.165) is 32.7 Å². The Bertz CT molecular complexity index is 667. The molecule has 1 heterocycles. The maximum Gasteiger partial charge on any atom is 0.223 e. The van der Waals surface area contributed by atoms with Crippen LogP contribution >= 0.6 is 0 Å². The molecule has 0 saturated carbocycles. The van der Waals surface area contributed by atoms with E-state index in [0.29, 0.717) is 18.2 Å². The van der Waals surface area contributed by atoms with Crippen molar-refractivity contribution in [2.75, 3.05) is 26.2 Å². The van der Waals surface area contributed by atoms with Gasteiger partial charge < -0.3 is 9.80 Å². The minimum atomic E-state index is 0.323. The third kappa shape index (κ3) is 3.91. The molecule has 0 aromatic heterocycles. The van der Waals surface area contributed by atoms with Gasteiger partial charge in [0.15, 0.2) is 0 Å². The van der Waals surface area contributed by atoms with Crippen LogP contribution in [0.25, 0.3) is 10.8 Å². The van der Waals surface area contributed by atoms with E-state index in [4.69, 9.17) is 0 Å². The Kier molecular flexibility index (Phi) is 4.97. The van der Waals surface area contributed by atoms with Gasteiger partial charge in [-0.05, 0) is 16.7 Å². The van der Waals surface area contributed by atoms with E-state index in [-0.39, 0.29) is 0 Å². The topological polar surface area (TPSA) is 24.8 Å². The van der Waals surface area contributed by atoms with Gasteiger partial charge in [0.25, 0.3) is 0 Å². The molecule has 2 aromatic rings. The predicted molar refractivity (Wildman–Crippen MR) is 94.4 cm³/mol. The Labute approximate surface area is 138 Å². The number of hydrogen-bond acceptors (Lipinski definition) is 1. The molecule has 0 radical (unpaired) electrons. The SMILES string of the molecule is CC(C)CC(=O)N1CC[NH+](Cc2cccc3ccccc23)CC1. The zero-order chi connectivity index (χ0) is 16.2. The number of amides is 1. The third-order valence-corrected chi connectivity index (χ3v) is 4.73. The van der Waals surface area contributed by atoms with E-state index in [1.807, 2.05) is 4.90 Å². The highest BCUT2D eigenvalue weighted by molar-refractivity contribution is 5.85. The van der Waals surface area contributed by atoms with Crippen LogP contribution in [0.3, 0.4) is 0 Å². The van der Waals surface area contributed by atoms with Crippen LogP contribution in [0.5, 0.6) is 0 Å². The van der Waals surface area contributed by atoms with Gasteiger partial charge in [0.1, 0.15) is 6.54 Å². The Morgan fingerprint density at radius 1 is 1.09 bits per heavy atom. The number of nitrogens with zero attached hydrogens (tertiary/aromatic N) is 1. The lowest BCUT2D eigenvalue weighted by atomic mass is 10.0. The van der Waals surface area contributed by atoms with Crippen LogP contribution in [0.1, 0.15) is 25.8 Å². The summed E-state index contributed by atoms with van der Waals surface area (Å²) in [5, 5.41) is 2.68. The molecule has 0 bridgehead atoms. The predicted octanol–water partition coefficient (Wildman–Crippen LogP) is 2.11. The van der Waals surface area contributed by atoms with Gasteiger partial charge in [-0.1, -0.05) is 56.3 Å². The lowest BCUT2D eigenvalue weighted by molar-refractivity contribution is -0.917. The van der Waals surface area contributed by atoms with Crippen LogP contribution in [0, 0.1) is 5.92 Å². The average molecular weight is 311 g/mol. The largest absolute Gasteiger partial charge is 0.331 e. The number of piperazine rings is 1. The van der Waals surface area contributed by atoms with Crippen LogP contribution in [0.4, 0.5) is 0 Å². The van der Waals surface area contributed by atoms with Crippen molar-refractivity contribution in [1.29, 1.82) is 0 Å². The number of fused-ring (bicyclic) bond motifs is 1. The summed E-state index contributed by atoms with van der Waals surface area (Å²) in [6.45, 7) is 9.16. The molecule has 3 nitrogen and oxygen atoms in total. The smallest absolute Gasteiger partial charge is 0.223 e. The van der Waals surface area contributed by atoms with E-state index in [1.54, 1.807) is 4.90 Å². The first-order valence-corrected chi connectivity index (χ1v) is 8.71. The van der Waals surface area contributed by atoms with Crippen LogP contribution in [0.2, 0.25) is 0 Å². The molecule has 0 aliphatic carbocycles. The lowest BCUT2D eigenvalue weighted by Gasteiger charge is -2.32. The zero-order valence-electron chi connectivity index (χ0n) is 14.2. The molecular formula is C20H27N2O+. The molecule has 23 heavy (non-hydrogen) atoms. The molecule has 3 rings (SSSR count). The van der Waals surface area contributed by atoms with Crippen LogP contribution < -0.4 is 4.90 Å². The van der Waals surface area contributed by atoms with Gasteiger partial charge in [0, 0.05) is 12.0 Å². The monoisotopic (exact) mass is 311 g/mol. The summed E-state index contributed by atoms with van der Waals surface area (Å²) < 4.78 is 0. The summed E-state index contributed by atoms with van der Waals surface area (Å²) in [6.07, 6.45) is 0.679. The van der Waals surface area contributed by atoms with E-state index < -0.39 is 0 Å². The third-order valence-electron chi connectivity index (χ3n) is 4.73. The van der Waals surface area contributed by atoms with Crippen LogP contribution in [-0.2, 0) is 11.3 Å². The number of carbonyl (C=O) groups is 1. The fourth-order valence-electron chi connectivity index (χ4n) is 3.44. The Balaban J connectivity index is 1.61. The molecule has 1 aliphatic rings. The highest BCUT2D eigenvalue weighted by Gasteiger charge is 2.24. The summed E-state index contributed by atoms with van der Waals surface area (Å²) in [4.78, 5) is 15.8. The Hall–Kier alpha value is -1.87. The summed E-state index contributed by atoms with van der Waals surface area (Å²) in [5.41, 5.74) is 1.42. The molecule has 1 saturated heterocycles. The number of benzene rings is 2. The minimum Gasteiger partial charge on any atom is -0.331 e. The van der Waals surface area contributed by atoms with Gasteiger partial charge in [0.05, 0.1) is 26.2 Å². The first kappa shape index (κ1) is 16.0. The first-order valence-electron chi connectivity index (χ1n) is 8.71. The molecule has 1 fully saturated rings. The fourth-order valence-corrected chi connectivity index (χ4v) is 3.44. The van der Waals surface area contributed by atoms with Crippen LogP contribution in [-0.4, -0.2) is 37.0 Å². The van der Waals surface area contributed by atoms with Crippen molar-refractivity contribution in [2.45, 2.75) is 26.8 Å². The zero-order valence-corrected chi connectivity index (χ0v) is 14.2. The minimum absolute atomic E-state index is 0.323. The van der Waals surface area contributed by atoms with E-state index in [9.17, 15) is 4.79 Å². The van der Waals surface area contributed by atoms with Gasteiger partial charge >= 0.3 is 0 Å². The van der Waals surface area contributed by atoms with Crippen molar-refractivity contribution >= 4 is 16.7 Å². The molecule has 0 spiro atoms. The van der Waals surface area contributed by atoms with Gasteiger partial charge in [-0.15, -0.1) is 0 Å². The van der Waals surface area contributed by atoms with E-state index in [2.05, 4.69) is 56.3 Å². The molecule has 1 aliphatic heterocycles. The number of carbonyl (C=O) groups excluding carboxylic acids is 1. The molecular weight excluding hydrogens is 284 g/mol. The van der Waals surface area contributed by atoms with Gasteiger partial charge in [-0.25, -0.2) is 0 Å². The van der Waals surface area contributed by atoms with Gasteiger partial charge in [-0.2, -0.15) is 0 Å². The van der Waals surface area contributed by atoms with Crippen molar-refractivity contribution in [3.63, 3.8) is 0 Å². The van der Waals surface area contributed by atoms with Gasteiger partial charge in [-0.3, -0.25) is 4.79 Å². The second kappa shape index (κ2) is 7.14. The maximum absolute atomic E-state index is 12.2. The quantitative estimate of drug-likeness (QED) is 0.919. The molecule has 1 amide bonds. The average Bonchev–Trinajstić information content (AvgIpc) is 2.55. The molecule has 122 valence electrons. The standard InChI is InChI=1S/C20H26N2O/c1-16(2)14-20(23)22-12-10-21(11-13-22)15-18-8-5-7-17-6-3-4-9-19(17)18/h3-9,16H,10-15H2,1-2H3/p+1. The Morgan fingerprint density at radius 2 is 1.78 bits per heavy atom. The Morgan fingerprint density at radius 3 is 2.52 bits per heavy atom. The van der Waals surface area contributed by atoms with E-state index >= 15 is 0 Å². The normalized spacial score (nSPS) is 16.2. The second-order valence-corrected chi connectivity index (χ2v) is 7.04. The van der Waals surface area contributed by atoms with Crippen molar-refractivity contribution in [3.05, 3.63) is 48.0 Å². The number of hydrogen-bond donors (Lipinski definition) is 1. The summed E-state index contributed by atoms with van der Waals surface area (Å²) in [6, 6.07) is 15.2. The van der Waals surface area contributed by atoms with E-state index in [1.165, 1.54) is 16.3 Å². The molecule has 3 heteroatoms. The van der Waals surface area contributed by atoms with Gasteiger partial charge in [0.2, 0.25) is 5.91 Å². The number of quaternary nitrogens is 1. The molecule has 2 aromatic carbocycles. The molecule has 0 atom stereocenters. The highest BCUT2D eigenvalue weighted by atomic mass is 16.2. The number of nitrogens with one attached hydrogen (secondary N) is 1. The maximum atomic E-state index is 12.2. The van der Waals surface area contributed by atoms with Crippen molar-refractivity contribution in [3.8, 4) is 0 Å².